The zero-order valence-corrected chi connectivity index (χ0v) is 6.52. The first-order valence-corrected chi connectivity index (χ1v) is 4.31. The average Bonchev–Trinajstić information content (AvgIpc) is 2.66. The zero-order valence-electron chi connectivity index (χ0n) is 5.70. The molecule has 1 rings (SSSR count). The van der Waals surface area contributed by atoms with Gasteiger partial charge >= 0.3 is 5.97 Å². The van der Waals surface area contributed by atoms with Crippen molar-refractivity contribution in [2.24, 2.45) is 0 Å². The van der Waals surface area contributed by atoms with Crippen molar-refractivity contribution in [3.05, 3.63) is 0 Å². The lowest BCUT2D eigenvalue weighted by Gasteiger charge is -2.14. The van der Waals surface area contributed by atoms with Crippen LogP contribution in [-0.2, 0) is 4.79 Å². The maximum atomic E-state index is 10.3. The lowest BCUT2D eigenvalue weighted by Crippen LogP contribution is -2.32. The van der Waals surface area contributed by atoms with Gasteiger partial charge < -0.3 is 10.2 Å². The van der Waals surface area contributed by atoms with E-state index in [1.165, 1.54) is 11.8 Å². The Bertz CT molecular complexity index is 153. The molecular weight excluding hydrogens is 152 g/mol. The maximum Gasteiger partial charge on any atom is 0.333 e. The monoisotopic (exact) mass is 162 g/mol. The molecule has 1 aliphatic rings. The smallest absolute Gasteiger partial charge is 0.333 e. The van der Waals surface area contributed by atoms with Crippen molar-refractivity contribution in [1.29, 1.82) is 0 Å². The average molecular weight is 162 g/mol. The van der Waals surface area contributed by atoms with E-state index in [0.717, 1.165) is 12.8 Å². The quantitative estimate of drug-likeness (QED) is 0.627. The topological polar surface area (TPSA) is 57.5 Å². The van der Waals surface area contributed by atoms with Gasteiger partial charge in [-0.15, -0.1) is 0 Å². The summed E-state index contributed by atoms with van der Waals surface area (Å²) in [7, 11) is 0. The highest BCUT2D eigenvalue weighted by Gasteiger charge is 2.51. The van der Waals surface area contributed by atoms with Crippen LogP contribution in [0.1, 0.15) is 12.8 Å². The molecule has 0 amide bonds. The molecule has 0 saturated heterocycles. The Balaban J connectivity index is 2.55. The minimum absolute atomic E-state index is 0.355. The number of aliphatic hydroxyl groups excluding tert-OH is 1. The molecular formula is C6H10O3S. The van der Waals surface area contributed by atoms with Crippen LogP contribution in [0.4, 0.5) is 0 Å². The second kappa shape index (κ2) is 2.43. The number of hydrogen-bond donors (Lipinski definition) is 2. The predicted molar refractivity (Wildman–Crippen MR) is 39.1 cm³/mol. The number of carboxylic acids is 1. The molecule has 0 aromatic heterocycles. The number of carboxylic acid groups (broad SMARTS) is 1. The Hall–Kier alpha value is -0.220. The number of aliphatic carboxylic acids is 1. The van der Waals surface area contributed by atoms with Gasteiger partial charge in [-0.3, -0.25) is 0 Å². The highest BCUT2D eigenvalue weighted by molar-refractivity contribution is 8.00. The molecule has 58 valence electrons. The van der Waals surface area contributed by atoms with Crippen LogP contribution in [0.15, 0.2) is 0 Å². The lowest BCUT2D eigenvalue weighted by molar-refractivity contribution is -0.146. The minimum Gasteiger partial charge on any atom is -0.479 e. The third kappa shape index (κ3) is 1.13. The third-order valence-electron chi connectivity index (χ3n) is 1.88. The highest BCUT2D eigenvalue weighted by Crippen LogP contribution is 2.49. The van der Waals surface area contributed by atoms with Crippen molar-refractivity contribution in [3.8, 4) is 0 Å². The zero-order chi connectivity index (χ0) is 7.78. The predicted octanol–water partition coefficient (Wildman–Crippen LogP) is 0.328. The molecule has 0 bridgehead atoms. The van der Waals surface area contributed by atoms with Crippen LogP contribution in [0.3, 0.4) is 0 Å². The summed E-state index contributed by atoms with van der Waals surface area (Å²) in [5.41, 5.74) is 0. The Morgan fingerprint density at radius 2 is 2.20 bits per heavy atom. The summed E-state index contributed by atoms with van der Waals surface area (Å²) in [4.78, 5) is 10.3. The lowest BCUT2D eigenvalue weighted by atomic mass is 10.2. The van der Waals surface area contributed by atoms with Gasteiger partial charge in [-0.05, 0) is 19.1 Å². The first kappa shape index (κ1) is 7.88. The molecule has 0 radical (unpaired) electrons. The van der Waals surface area contributed by atoms with Gasteiger partial charge in [-0.25, -0.2) is 4.79 Å². The van der Waals surface area contributed by atoms with Crippen LogP contribution in [0.2, 0.25) is 0 Å². The van der Waals surface area contributed by atoms with Gasteiger partial charge in [0.15, 0.2) is 6.10 Å². The summed E-state index contributed by atoms with van der Waals surface area (Å²) in [5, 5.41) is 17.5. The van der Waals surface area contributed by atoms with Gasteiger partial charge in [0.2, 0.25) is 0 Å². The molecule has 1 fully saturated rings. The van der Waals surface area contributed by atoms with Crippen molar-refractivity contribution in [1.82, 2.24) is 0 Å². The SMILES string of the molecule is CSC1(C(O)C(=O)O)CC1. The fourth-order valence-electron chi connectivity index (χ4n) is 0.937. The molecule has 3 nitrogen and oxygen atoms in total. The molecule has 4 heteroatoms. The van der Waals surface area contributed by atoms with Gasteiger partial charge in [0.25, 0.3) is 0 Å². The van der Waals surface area contributed by atoms with Gasteiger partial charge in [-0.1, -0.05) is 0 Å². The Morgan fingerprint density at radius 3 is 2.30 bits per heavy atom. The molecule has 1 aliphatic carbocycles. The molecule has 1 atom stereocenters. The molecule has 1 unspecified atom stereocenters. The van der Waals surface area contributed by atoms with E-state index in [9.17, 15) is 4.79 Å². The number of thioether (sulfide) groups is 1. The first-order chi connectivity index (χ1) is 4.62. The normalized spacial score (nSPS) is 23.8. The number of hydrogen-bond acceptors (Lipinski definition) is 3. The van der Waals surface area contributed by atoms with Crippen molar-refractivity contribution < 1.29 is 15.0 Å². The minimum atomic E-state index is -1.18. The molecule has 10 heavy (non-hydrogen) atoms. The molecule has 0 aromatic rings. The van der Waals surface area contributed by atoms with Gasteiger partial charge in [0, 0.05) is 0 Å². The van der Waals surface area contributed by atoms with Crippen molar-refractivity contribution in [2.75, 3.05) is 6.26 Å². The maximum absolute atomic E-state index is 10.3. The van der Waals surface area contributed by atoms with Gasteiger partial charge in [-0.2, -0.15) is 11.8 Å². The van der Waals surface area contributed by atoms with E-state index in [-0.39, 0.29) is 4.75 Å². The summed E-state index contributed by atoms with van der Waals surface area (Å²) in [6.45, 7) is 0. The fraction of sp³-hybridized carbons (Fsp3) is 0.833. The third-order valence-corrected chi connectivity index (χ3v) is 3.33. The number of rotatable bonds is 3. The van der Waals surface area contributed by atoms with E-state index < -0.39 is 12.1 Å². The Kier molecular flexibility index (Phi) is 1.92. The van der Waals surface area contributed by atoms with E-state index >= 15 is 0 Å². The largest absolute Gasteiger partial charge is 0.479 e. The standard InChI is InChI=1S/C6H10O3S/c1-10-6(2-3-6)4(7)5(8)9/h4,7H,2-3H2,1H3,(H,8,9). The molecule has 0 spiro atoms. The Labute approximate surface area is 63.4 Å². The Morgan fingerprint density at radius 1 is 1.70 bits per heavy atom. The van der Waals surface area contributed by atoms with Crippen LogP contribution in [0, 0.1) is 0 Å². The second-order valence-electron chi connectivity index (χ2n) is 2.51. The summed E-state index contributed by atoms with van der Waals surface area (Å²) >= 11 is 1.44. The fourth-order valence-corrected chi connectivity index (χ4v) is 1.77. The molecule has 0 aliphatic heterocycles. The molecule has 0 heterocycles. The van der Waals surface area contributed by atoms with Crippen LogP contribution >= 0.6 is 11.8 Å². The van der Waals surface area contributed by atoms with Crippen LogP contribution in [0.25, 0.3) is 0 Å². The molecule has 2 N–H and O–H groups in total. The number of aliphatic hydroxyl groups is 1. The van der Waals surface area contributed by atoms with E-state index in [0.29, 0.717) is 0 Å². The molecule has 1 saturated carbocycles. The van der Waals surface area contributed by atoms with E-state index in [1.54, 1.807) is 0 Å². The van der Waals surface area contributed by atoms with Crippen LogP contribution in [0.5, 0.6) is 0 Å². The summed E-state index contributed by atoms with van der Waals surface area (Å²) in [6, 6.07) is 0. The van der Waals surface area contributed by atoms with Crippen molar-refractivity contribution >= 4 is 17.7 Å². The second-order valence-corrected chi connectivity index (χ2v) is 3.73. The van der Waals surface area contributed by atoms with E-state index in [2.05, 4.69) is 0 Å². The molecule has 0 aromatic carbocycles. The van der Waals surface area contributed by atoms with E-state index in [4.69, 9.17) is 10.2 Å². The van der Waals surface area contributed by atoms with E-state index in [1.807, 2.05) is 6.26 Å². The summed E-state index contributed by atoms with van der Waals surface area (Å²) in [6.07, 6.45) is 2.30. The van der Waals surface area contributed by atoms with Crippen molar-refractivity contribution in [3.63, 3.8) is 0 Å². The highest BCUT2D eigenvalue weighted by atomic mass is 32.2. The first-order valence-electron chi connectivity index (χ1n) is 3.08. The van der Waals surface area contributed by atoms with Gasteiger partial charge in [0.1, 0.15) is 0 Å². The van der Waals surface area contributed by atoms with Crippen LogP contribution in [-0.4, -0.2) is 33.3 Å². The summed E-state index contributed by atoms with van der Waals surface area (Å²) in [5.74, 6) is -1.10. The van der Waals surface area contributed by atoms with Crippen molar-refractivity contribution in [2.45, 2.75) is 23.7 Å². The summed E-state index contributed by atoms with van der Waals surface area (Å²) < 4.78 is -0.355. The van der Waals surface area contributed by atoms with Crippen LogP contribution < -0.4 is 0 Å². The number of carbonyl (C=O) groups is 1. The van der Waals surface area contributed by atoms with Gasteiger partial charge in [0.05, 0.1) is 4.75 Å².